The molecule has 0 unspecified atom stereocenters. The average Bonchev–Trinajstić information content (AvgIpc) is 2.79. The minimum Gasteiger partial charge on any atom is -0.451 e. The topological polar surface area (TPSA) is 44.1 Å². The van der Waals surface area contributed by atoms with Gasteiger partial charge in [0, 0.05) is 12.1 Å². The Morgan fingerprint density at radius 2 is 2.35 bits per heavy atom. The van der Waals surface area contributed by atoms with E-state index in [2.05, 4.69) is 5.10 Å². The maximum atomic E-state index is 13.5. The van der Waals surface area contributed by atoms with E-state index in [-0.39, 0.29) is 11.3 Å². The summed E-state index contributed by atoms with van der Waals surface area (Å²) in [6.07, 6.45) is 3.77. The van der Waals surface area contributed by atoms with Crippen LogP contribution in [0.15, 0.2) is 30.6 Å². The lowest BCUT2D eigenvalue weighted by Gasteiger charge is -2.04. The van der Waals surface area contributed by atoms with Crippen molar-refractivity contribution in [2.75, 3.05) is 0 Å². The number of halogens is 1. The number of hydrogen-bond donors (Lipinski definition) is 0. The van der Waals surface area contributed by atoms with Crippen molar-refractivity contribution in [1.29, 1.82) is 0 Å². The molecule has 0 spiro atoms. The van der Waals surface area contributed by atoms with Gasteiger partial charge in [0.25, 0.3) is 0 Å². The lowest BCUT2D eigenvalue weighted by atomic mass is 10.2. The van der Waals surface area contributed by atoms with Gasteiger partial charge in [-0.2, -0.15) is 5.10 Å². The third-order valence-corrected chi connectivity index (χ3v) is 2.25. The fourth-order valence-corrected chi connectivity index (χ4v) is 1.37. The van der Waals surface area contributed by atoms with Crippen LogP contribution in [0.25, 0.3) is 0 Å². The lowest BCUT2D eigenvalue weighted by Crippen LogP contribution is -1.92. The molecule has 2 aromatic rings. The Kier molecular flexibility index (Phi) is 3.18. The highest BCUT2D eigenvalue weighted by Gasteiger charge is 2.07. The highest BCUT2D eigenvalue weighted by molar-refractivity contribution is 5.75. The molecular weight excluding hydrogens is 223 g/mol. The molecule has 0 N–H and O–H groups in total. The Morgan fingerprint density at radius 1 is 1.53 bits per heavy atom. The van der Waals surface area contributed by atoms with Crippen LogP contribution in [0.5, 0.6) is 11.5 Å². The Labute approximate surface area is 97.6 Å². The number of carbonyl (C=O) groups excluding carboxylic acids is 1. The molecule has 0 radical (unpaired) electrons. The first-order chi connectivity index (χ1) is 8.22. The zero-order valence-corrected chi connectivity index (χ0v) is 9.26. The molecule has 1 heterocycles. The number of ether oxygens (including phenoxy) is 1. The molecule has 1 aromatic heterocycles. The molecule has 0 amide bonds. The van der Waals surface area contributed by atoms with Crippen molar-refractivity contribution in [1.82, 2.24) is 9.78 Å². The monoisotopic (exact) mass is 234 g/mol. The van der Waals surface area contributed by atoms with Crippen LogP contribution in [-0.4, -0.2) is 16.1 Å². The number of benzene rings is 1. The predicted octanol–water partition coefficient (Wildman–Crippen LogP) is 2.65. The molecular formula is C12H11FN2O2. The van der Waals surface area contributed by atoms with Gasteiger partial charge in [-0.15, -0.1) is 0 Å². The number of nitrogens with zero attached hydrogens (tertiary/aromatic N) is 2. The van der Waals surface area contributed by atoms with Crippen LogP contribution in [0, 0.1) is 5.82 Å². The van der Waals surface area contributed by atoms with E-state index in [0.29, 0.717) is 12.0 Å². The number of rotatable bonds is 4. The Morgan fingerprint density at radius 3 is 2.94 bits per heavy atom. The van der Waals surface area contributed by atoms with Gasteiger partial charge < -0.3 is 4.74 Å². The summed E-state index contributed by atoms with van der Waals surface area (Å²) in [4.78, 5) is 10.4. The molecule has 0 aliphatic heterocycles. The average molecular weight is 234 g/mol. The smallest absolute Gasteiger partial charge is 0.166 e. The van der Waals surface area contributed by atoms with E-state index in [9.17, 15) is 9.18 Å². The van der Waals surface area contributed by atoms with Gasteiger partial charge in [0.05, 0.1) is 12.4 Å². The standard InChI is InChI=1S/C12H11FN2O2/c1-2-15-7-10(6-14-15)17-12-4-3-9(8-16)5-11(12)13/h3-8H,2H2,1H3. The summed E-state index contributed by atoms with van der Waals surface area (Å²) < 4.78 is 20.5. The molecule has 0 atom stereocenters. The summed E-state index contributed by atoms with van der Waals surface area (Å²) in [6.45, 7) is 2.66. The van der Waals surface area contributed by atoms with Crippen LogP contribution in [0.4, 0.5) is 4.39 Å². The van der Waals surface area contributed by atoms with Crippen LogP contribution in [-0.2, 0) is 6.54 Å². The number of carbonyl (C=O) groups is 1. The van der Waals surface area contributed by atoms with E-state index in [1.807, 2.05) is 6.92 Å². The third kappa shape index (κ3) is 2.50. The molecule has 0 bridgehead atoms. The number of aldehydes is 1. The summed E-state index contributed by atoms with van der Waals surface area (Å²) in [5, 5.41) is 4.01. The van der Waals surface area contributed by atoms with Gasteiger partial charge in [-0.1, -0.05) is 0 Å². The summed E-state index contributed by atoms with van der Waals surface area (Å²) in [7, 11) is 0. The van der Waals surface area contributed by atoms with E-state index < -0.39 is 5.82 Å². The molecule has 0 saturated carbocycles. The molecule has 88 valence electrons. The van der Waals surface area contributed by atoms with Gasteiger partial charge >= 0.3 is 0 Å². The molecule has 5 heteroatoms. The summed E-state index contributed by atoms with van der Waals surface area (Å²) in [5.41, 5.74) is 0.277. The van der Waals surface area contributed by atoms with Gasteiger partial charge in [0.2, 0.25) is 0 Å². The van der Waals surface area contributed by atoms with Crippen LogP contribution < -0.4 is 4.74 Å². The van der Waals surface area contributed by atoms with Gasteiger partial charge in [0.15, 0.2) is 17.3 Å². The molecule has 4 nitrogen and oxygen atoms in total. The number of aromatic nitrogens is 2. The van der Waals surface area contributed by atoms with E-state index in [1.165, 1.54) is 18.3 Å². The summed E-state index contributed by atoms with van der Waals surface area (Å²) >= 11 is 0. The predicted molar refractivity (Wildman–Crippen MR) is 59.8 cm³/mol. The Bertz CT molecular complexity index is 537. The maximum Gasteiger partial charge on any atom is 0.166 e. The molecule has 0 aliphatic carbocycles. The van der Waals surface area contributed by atoms with Gasteiger partial charge in [-0.3, -0.25) is 9.48 Å². The quantitative estimate of drug-likeness (QED) is 0.764. The maximum absolute atomic E-state index is 13.5. The van der Waals surface area contributed by atoms with Crippen molar-refractivity contribution < 1.29 is 13.9 Å². The molecule has 2 rings (SSSR count). The first kappa shape index (κ1) is 11.3. The minimum absolute atomic E-state index is 0.0752. The largest absolute Gasteiger partial charge is 0.451 e. The van der Waals surface area contributed by atoms with E-state index in [1.54, 1.807) is 10.9 Å². The second-order valence-electron chi connectivity index (χ2n) is 3.44. The molecule has 0 fully saturated rings. The van der Waals surface area contributed by atoms with Crippen LogP contribution in [0.2, 0.25) is 0 Å². The van der Waals surface area contributed by atoms with E-state index >= 15 is 0 Å². The zero-order chi connectivity index (χ0) is 12.3. The zero-order valence-electron chi connectivity index (χ0n) is 9.26. The fourth-order valence-electron chi connectivity index (χ4n) is 1.37. The second-order valence-corrected chi connectivity index (χ2v) is 3.44. The molecule has 0 aliphatic rings. The lowest BCUT2D eigenvalue weighted by molar-refractivity contribution is 0.112. The highest BCUT2D eigenvalue weighted by atomic mass is 19.1. The van der Waals surface area contributed by atoms with Gasteiger partial charge in [-0.25, -0.2) is 4.39 Å². The SMILES string of the molecule is CCn1cc(Oc2ccc(C=O)cc2F)cn1. The molecule has 17 heavy (non-hydrogen) atoms. The van der Waals surface area contributed by atoms with Crippen LogP contribution in [0.3, 0.4) is 0 Å². The van der Waals surface area contributed by atoms with Crippen molar-refractivity contribution in [2.45, 2.75) is 13.5 Å². The minimum atomic E-state index is -0.571. The highest BCUT2D eigenvalue weighted by Crippen LogP contribution is 2.24. The molecule has 0 saturated heterocycles. The molecule has 1 aromatic carbocycles. The third-order valence-electron chi connectivity index (χ3n) is 2.25. The number of aryl methyl sites for hydroxylation is 1. The second kappa shape index (κ2) is 4.78. The van der Waals surface area contributed by atoms with Crippen molar-refractivity contribution in [3.8, 4) is 11.5 Å². The van der Waals surface area contributed by atoms with Crippen LogP contribution >= 0.6 is 0 Å². The van der Waals surface area contributed by atoms with Crippen molar-refractivity contribution >= 4 is 6.29 Å². The summed E-state index contributed by atoms with van der Waals surface area (Å²) in [5.74, 6) is -0.0327. The Hall–Kier alpha value is -2.17. The van der Waals surface area contributed by atoms with E-state index in [4.69, 9.17) is 4.74 Å². The fraction of sp³-hybridized carbons (Fsp3) is 0.167. The van der Waals surface area contributed by atoms with Crippen molar-refractivity contribution in [3.63, 3.8) is 0 Å². The Balaban J connectivity index is 2.20. The van der Waals surface area contributed by atoms with Gasteiger partial charge in [0.1, 0.15) is 6.29 Å². The van der Waals surface area contributed by atoms with Gasteiger partial charge in [-0.05, 0) is 25.1 Å². The first-order valence-electron chi connectivity index (χ1n) is 5.18. The number of hydrogen-bond acceptors (Lipinski definition) is 3. The normalized spacial score (nSPS) is 10.2. The van der Waals surface area contributed by atoms with Crippen LogP contribution in [0.1, 0.15) is 17.3 Å². The van der Waals surface area contributed by atoms with Crippen molar-refractivity contribution in [3.05, 3.63) is 42.0 Å². The summed E-state index contributed by atoms with van der Waals surface area (Å²) in [6, 6.07) is 4.05. The van der Waals surface area contributed by atoms with E-state index in [0.717, 1.165) is 12.6 Å². The first-order valence-corrected chi connectivity index (χ1v) is 5.18. The van der Waals surface area contributed by atoms with Crippen molar-refractivity contribution in [2.24, 2.45) is 0 Å².